The van der Waals surface area contributed by atoms with Gasteiger partial charge in [-0.05, 0) is 12.1 Å². The first-order valence-corrected chi connectivity index (χ1v) is 6.49. The highest BCUT2D eigenvalue weighted by Gasteiger charge is 2.19. The van der Waals surface area contributed by atoms with Crippen LogP contribution in [-0.4, -0.2) is 23.2 Å². The van der Waals surface area contributed by atoms with Gasteiger partial charge in [0.05, 0.1) is 22.7 Å². The van der Waals surface area contributed by atoms with Crippen molar-refractivity contribution >= 4 is 40.8 Å². The second kappa shape index (κ2) is 5.87. The summed E-state index contributed by atoms with van der Waals surface area (Å²) < 4.78 is 4.91. The largest absolute Gasteiger partial charge is 0.481 e. The standard InChI is InChI=1S/C13H8Cl3NO3/c1-20-11-4-7(13(18)19)8(5-17-11)12-9(15)2-6(14)3-10(12)16/h2-5H,1H3,(H,18,19). The van der Waals surface area contributed by atoms with Crippen molar-refractivity contribution in [1.29, 1.82) is 0 Å². The number of nitrogens with zero attached hydrogens (tertiary/aromatic N) is 1. The third-order valence-electron chi connectivity index (χ3n) is 2.59. The van der Waals surface area contributed by atoms with Gasteiger partial charge in [0.25, 0.3) is 0 Å². The number of carboxylic acid groups (broad SMARTS) is 1. The molecule has 4 nitrogen and oxygen atoms in total. The lowest BCUT2D eigenvalue weighted by Gasteiger charge is -2.11. The molecule has 0 spiro atoms. The van der Waals surface area contributed by atoms with Gasteiger partial charge in [-0.25, -0.2) is 9.78 Å². The van der Waals surface area contributed by atoms with Crippen LogP contribution in [0.25, 0.3) is 11.1 Å². The van der Waals surface area contributed by atoms with Crippen molar-refractivity contribution in [1.82, 2.24) is 4.98 Å². The Hall–Kier alpha value is -1.49. The molecule has 0 saturated heterocycles. The quantitative estimate of drug-likeness (QED) is 0.904. The Kier molecular flexibility index (Phi) is 4.38. The van der Waals surface area contributed by atoms with E-state index in [-0.39, 0.29) is 21.5 Å². The first kappa shape index (κ1) is 14.9. The summed E-state index contributed by atoms with van der Waals surface area (Å²) in [5.74, 6) is -0.949. The fourth-order valence-electron chi connectivity index (χ4n) is 1.72. The first-order chi connectivity index (χ1) is 9.43. The molecule has 0 amide bonds. The molecule has 20 heavy (non-hydrogen) atoms. The number of hydrogen-bond acceptors (Lipinski definition) is 3. The minimum absolute atomic E-state index is 0.0111. The van der Waals surface area contributed by atoms with Crippen LogP contribution in [-0.2, 0) is 0 Å². The van der Waals surface area contributed by atoms with Crippen LogP contribution in [0, 0.1) is 0 Å². The fourth-order valence-corrected chi connectivity index (χ4v) is 2.74. The number of halogens is 3. The van der Waals surface area contributed by atoms with E-state index in [1.165, 1.54) is 31.5 Å². The van der Waals surface area contributed by atoms with Gasteiger partial charge in [0.1, 0.15) is 0 Å². The second-order valence-electron chi connectivity index (χ2n) is 3.82. The van der Waals surface area contributed by atoms with Crippen LogP contribution in [0.2, 0.25) is 15.1 Å². The maximum Gasteiger partial charge on any atom is 0.336 e. The molecule has 1 N–H and O–H groups in total. The van der Waals surface area contributed by atoms with Crippen molar-refractivity contribution in [2.75, 3.05) is 7.11 Å². The van der Waals surface area contributed by atoms with E-state index in [1.54, 1.807) is 0 Å². The summed E-state index contributed by atoms with van der Waals surface area (Å²) in [5.41, 5.74) is 0.651. The molecular formula is C13H8Cl3NO3. The van der Waals surface area contributed by atoms with E-state index < -0.39 is 5.97 Å². The summed E-state index contributed by atoms with van der Waals surface area (Å²) in [4.78, 5) is 15.3. The van der Waals surface area contributed by atoms with E-state index in [1.807, 2.05) is 0 Å². The molecule has 0 fully saturated rings. The van der Waals surface area contributed by atoms with Crippen LogP contribution in [0.1, 0.15) is 10.4 Å². The number of carboxylic acids is 1. The van der Waals surface area contributed by atoms with Crippen molar-refractivity contribution in [2.24, 2.45) is 0 Å². The number of hydrogen-bond donors (Lipinski definition) is 1. The molecular weight excluding hydrogens is 325 g/mol. The van der Waals surface area contributed by atoms with E-state index in [2.05, 4.69) is 4.98 Å². The second-order valence-corrected chi connectivity index (χ2v) is 5.07. The Morgan fingerprint density at radius 1 is 1.20 bits per heavy atom. The van der Waals surface area contributed by atoms with E-state index in [9.17, 15) is 9.90 Å². The highest BCUT2D eigenvalue weighted by Crippen LogP contribution is 2.39. The molecule has 0 aliphatic rings. The summed E-state index contributed by atoms with van der Waals surface area (Å²) >= 11 is 18.0. The van der Waals surface area contributed by atoms with Gasteiger partial charge < -0.3 is 9.84 Å². The topological polar surface area (TPSA) is 59.4 Å². The van der Waals surface area contributed by atoms with Crippen molar-refractivity contribution in [3.8, 4) is 17.0 Å². The third-order valence-corrected chi connectivity index (χ3v) is 3.41. The number of rotatable bonds is 3. The zero-order valence-electron chi connectivity index (χ0n) is 10.2. The lowest BCUT2D eigenvalue weighted by Crippen LogP contribution is -2.02. The Bertz CT molecular complexity index is 666. The molecule has 1 heterocycles. The molecule has 2 rings (SSSR count). The SMILES string of the molecule is COc1cc(C(=O)O)c(-c2c(Cl)cc(Cl)cc2Cl)cn1. The molecule has 7 heteroatoms. The molecule has 0 radical (unpaired) electrons. The van der Waals surface area contributed by atoms with Crippen LogP contribution in [0.3, 0.4) is 0 Å². The van der Waals surface area contributed by atoms with Gasteiger partial charge >= 0.3 is 5.97 Å². The van der Waals surface area contributed by atoms with Gasteiger partial charge in [0.15, 0.2) is 0 Å². The monoisotopic (exact) mass is 331 g/mol. The van der Waals surface area contributed by atoms with Gasteiger partial charge in [-0.15, -0.1) is 0 Å². The highest BCUT2D eigenvalue weighted by molar-refractivity contribution is 6.42. The lowest BCUT2D eigenvalue weighted by atomic mass is 10.0. The molecule has 104 valence electrons. The summed E-state index contributed by atoms with van der Waals surface area (Å²) in [6, 6.07) is 4.28. The number of ether oxygens (including phenoxy) is 1. The maximum atomic E-state index is 11.4. The highest BCUT2D eigenvalue weighted by atomic mass is 35.5. The molecule has 0 saturated carbocycles. The molecule has 0 atom stereocenters. The van der Waals surface area contributed by atoms with E-state index in [0.717, 1.165) is 0 Å². The summed E-state index contributed by atoms with van der Waals surface area (Å²) in [5, 5.41) is 10.1. The zero-order valence-corrected chi connectivity index (χ0v) is 12.4. The third kappa shape index (κ3) is 2.82. The molecule has 1 aromatic heterocycles. The lowest BCUT2D eigenvalue weighted by molar-refractivity contribution is 0.0697. The fraction of sp³-hybridized carbons (Fsp3) is 0.0769. The number of benzene rings is 1. The van der Waals surface area contributed by atoms with Crippen LogP contribution in [0.15, 0.2) is 24.4 Å². The number of aromatic carboxylic acids is 1. The summed E-state index contributed by atoms with van der Waals surface area (Å²) in [7, 11) is 1.40. The number of methoxy groups -OCH3 is 1. The molecule has 0 aliphatic heterocycles. The van der Waals surface area contributed by atoms with Gasteiger partial charge in [-0.3, -0.25) is 0 Å². The van der Waals surface area contributed by atoms with Crippen molar-refractivity contribution in [3.05, 3.63) is 45.0 Å². The number of carbonyl (C=O) groups is 1. The Morgan fingerprint density at radius 2 is 1.80 bits per heavy atom. The van der Waals surface area contributed by atoms with Crippen LogP contribution in [0.4, 0.5) is 0 Å². The predicted octanol–water partition coefficient (Wildman–Crippen LogP) is 4.42. The molecule has 0 unspecified atom stereocenters. The van der Waals surface area contributed by atoms with Gasteiger partial charge in [-0.2, -0.15) is 0 Å². The molecule has 2 aromatic rings. The Morgan fingerprint density at radius 3 is 2.30 bits per heavy atom. The van der Waals surface area contributed by atoms with E-state index in [4.69, 9.17) is 39.5 Å². The minimum atomic E-state index is -1.14. The van der Waals surface area contributed by atoms with Gasteiger partial charge in [-0.1, -0.05) is 34.8 Å². The summed E-state index contributed by atoms with van der Waals surface area (Å²) in [6.45, 7) is 0. The summed E-state index contributed by atoms with van der Waals surface area (Å²) in [6.07, 6.45) is 1.35. The van der Waals surface area contributed by atoms with E-state index >= 15 is 0 Å². The maximum absolute atomic E-state index is 11.4. The van der Waals surface area contributed by atoms with Crippen molar-refractivity contribution in [2.45, 2.75) is 0 Å². The van der Waals surface area contributed by atoms with Crippen molar-refractivity contribution < 1.29 is 14.6 Å². The van der Waals surface area contributed by atoms with Crippen LogP contribution in [0.5, 0.6) is 5.88 Å². The Labute approximate surface area is 129 Å². The molecule has 0 aliphatic carbocycles. The van der Waals surface area contributed by atoms with Gasteiger partial charge in [0.2, 0.25) is 5.88 Å². The van der Waals surface area contributed by atoms with Crippen molar-refractivity contribution in [3.63, 3.8) is 0 Å². The number of aromatic nitrogens is 1. The minimum Gasteiger partial charge on any atom is -0.481 e. The van der Waals surface area contributed by atoms with Crippen LogP contribution >= 0.6 is 34.8 Å². The Balaban J connectivity index is 2.73. The first-order valence-electron chi connectivity index (χ1n) is 5.36. The smallest absolute Gasteiger partial charge is 0.336 e. The van der Waals surface area contributed by atoms with Gasteiger partial charge in [0, 0.05) is 28.4 Å². The normalized spacial score (nSPS) is 10.4. The number of pyridine rings is 1. The van der Waals surface area contributed by atoms with Crippen LogP contribution < -0.4 is 4.74 Å². The predicted molar refractivity (Wildman–Crippen MR) is 78.2 cm³/mol. The molecule has 0 bridgehead atoms. The molecule has 1 aromatic carbocycles. The average Bonchev–Trinajstić information content (AvgIpc) is 2.37. The zero-order chi connectivity index (χ0) is 14.9. The average molecular weight is 333 g/mol. The van der Waals surface area contributed by atoms with E-state index in [0.29, 0.717) is 16.1 Å².